The van der Waals surface area contributed by atoms with E-state index in [1.54, 1.807) is 6.92 Å². The zero-order chi connectivity index (χ0) is 14.5. The fourth-order valence-electron chi connectivity index (χ4n) is 1.53. The number of carbonyl (C=O) groups excluding carboxylic acids is 1. The third-order valence-corrected chi connectivity index (χ3v) is 2.44. The molecule has 1 aromatic heterocycles. The average molecular weight is 277 g/mol. The van der Waals surface area contributed by atoms with Gasteiger partial charge >= 0.3 is 0 Å². The van der Waals surface area contributed by atoms with Crippen molar-refractivity contribution in [3.8, 4) is 5.75 Å². The van der Waals surface area contributed by atoms with Crippen LogP contribution in [0.5, 0.6) is 5.75 Å². The van der Waals surface area contributed by atoms with Crippen LogP contribution in [-0.2, 0) is 4.79 Å². The van der Waals surface area contributed by atoms with E-state index in [0.29, 0.717) is 17.1 Å². The number of nitro groups is 1. The first-order valence-corrected chi connectivity index (χ1v) is 5.64. The van der Waals surface area contributed by atoms with Crippen molar-refractivity contribution in [2.45, 2.75) is 6.92 Å². The summed E-state index contributed by atoms with van der Waals surface area (Å²) in [5.74, 6) is 0.261. The lowest BCUT2D eigenvalue weighted by molar-refractivity contribution is -0.385. The fourth-order valence-corrected chi connectivity index (χ4v) is 1.53. The topological polar surface area (TPSA) is 108 Å². The second-order valence-electron chi connectivity index (χ2n) is 3.93. The number of benzene rings is 1. The van der Waals surface area contributed by atoms with Gasteiger partial charge in [-0.15, -0.1) is 0 Å². The number of anilines is 1. The molecule has 8 nitrogen and oxygen atoms in total. The fraction of sp³-hybridized carbons (Fsp3) is 0.167. The Morgan fingerprint density at radius 1 is 1.50 bits per heavy atom. The van der Waals surface area contributed by atoms with Gasteiger partial charge in [-0.3, -0.25) is 14.9 Å². The van der Waals surface area contributed by atoms with Crippen LogP contribution in [0.2, 0.25) is 0 Å². The quantitative estimate of drug-likeness (QED) is 0.660. The molecule has 0 spiro atoms. The number of aromatic nitrogens is 1. The lowest BCUT2D eigenvalue weighted by Gasteiger charge is -2.06. The highest BCUT2D eigenvalue weighted by molar-refractivity contribution is 5.90. The molecule has 0 saturated carbocycles. The number of nitrogens with zero attached hydrogens (tertiary/aromatic N) is 2. The Kier molecular flexibility index (Phi) is 3.94. The zero-order valence-corrected chi connectivity index (χ0v) is 10.5. The van der Waals surface area contributed by atoms with E-state index < -0.39 is 10.8 Å². The molecule has 0 unspecified atom stereocenters. The Hall–Kier alpha value is -2.90. The van der Waals surface area contributed by atoms with Gasteiger partial charge in [0.05, 0.1) is 4.92 Å². The molecular weight excluding hydrogens is 266 g/mol. The van der Waals surface area contributed by atoms with Gasteiger partial charge in [-0.05, 0) is 19.1 Å². The number of rotatable bonds is 5. The molecule has 0 aliphatic rings. The van der Waals surface area contributed by atoms with Crippen LogP contribution in [0.4, 0.5) is 11.5 Å². The minimum atomic E-state index is -0.476. The summed E-state index contributed by atoms with van der Waals surface area (Å²) in [7, 11) is 0. The predicted molar refractivity (Wildman–Crippen MR) is 68.5 cm³/mol. The van der Waals surface area contributed by atoms with E-state index in [1.165, 1.54) is 30.5 Å². The molecule has 2 aromatic rings. The molecule has 0 radical (unpaired) electrons. The summed E-state index contributed by atoms with van der Waals surface area (Å²) in [6, 6.07) is 5.77. The smallest absolute Gasteiger partial charge is 0.272 e. The zero-order valence-electron chi connectivity index (χ0n) is 10.5. The number of hydrogen-bond acceptors (Lipinski definition) is 6. The van der Waals surface area contributed by atoms with Crippen LogP contribution < -0.4 is 10.1 Å². The van der Waals surface area contributed by atoms with E-state index in [1.807, 2.05) is 0 Å². The normalized spacial score (nSPS) is 10.1. The Bertz CT molecular complexity index is 624. The van der Waals surface area contributed by atoms with Crippen LogP contribution in [0.3, 0.4) is 0 Å². The van der Waals surface area contributed by atoms with Gasteiger partial charge in [-0.1, -0.05) is 5.16 Å². The average Bonchev–Trinajstić information content (AvgIpc) is 2.89. The lowest BCUT2D eigenvalue weighted by Crippen LogP contribution is -2.20. The summed E-state index contributed by atoms with van der Waals surface area (Å²) < 4.78 is 9.80. The van der Waals surface area contributed by atoms with Gasteiger partial charge in [-0.2, -0.15) is 0 Å². The van der Waals surface area contributed by atoms with Crippen molar-refractivity contribution in [2.24, 2.45) is 0 Å². The number of aryl methyl sites for hydroxylation is 1. The Morgan fingerprint density at radius 2 is 2.30 bits per heavy atom. The van der Waals surface area contributed by atoms with Gasteiger partial charge in [-0.25, -0.2) is 0 Å². The molecule has 1 amide bonds. The highest BCUT2D eigenvalue weighted by Gasteiger charge is 2.11. The Morgan fingerprint density at radius 3 is 2.90 bits per heavy atom. The lowest BCUT2D eigenvalue weighted by atomic mass is 10.2. The van der Waals surface area contributed by atoms with E-state index in [2.05, 4.69) is 15.0 Å². The third-order valence-electron chi connectivity index (χ3n) is 2.44. The van der Waals surface area contributed by atoms with Crippen molar-refractivity contribution in [1.82, 2.24) is 5.16 Å². The van der Waals surface area contributed by atoms with Crippen LogP contribution >= 0.6 is 0 Å². The molecule has 0 saturated heterocycles. The molecule has 2 rings (SSSR count). The molecule has 1 heterocycles. The molecule has 1 N–H and O–H groups in total. The van der Waals surface area contributed by atoms with Crippen molar-refractivity contribution in [3.63, 3.8) is 0 Å². The van der Waals surface area contributed by atoms with Gasteiger partial charge < -0.3 is 14.6 Å². The van der Waals surface area contributed by atoms with Gasteiger partial charge in [0, 0.05) is 17.7 Å². The number of ether oxygens (including phenoxy) is 1. The monoisotopic (exact) mass is 277 g/mol. The van der Waals surface area contributed by atoms with Gasteiger partial charge in [0.25, 0.3) is 11.6 Å². The number of nitro benzene ring substituents is 1. The van der Waals surface area contributed by atoms with Gasteiger partial charge in [0.2, 0.25) is 0 Å². The van der Waals surface area contributed by atoms with Crippen molar-refractivity contribution >= 4 is 17.4 Å². The molecule has 0 atom stereocenters. The van der Waals surface area contributed by atoms with Crippen LogP contribution in [0, 0.1) is 17.0 Å². The number of nitrogens with one attached hydrogen (secondary N) is 1. The first kappa shape index (κ1) is 13.5. The molecule has 104 valence electrons. The van der Waals surface area contributed by atoms with Crippen molar-refractivity contribution in [1.29, 1.82) is 0 Å². The highest BCUT2D eigenvalue weighted by Crippen LogP contribution is 2.22. The highest BCUT2D eigenvalue weighted by atomic mass is 16.6. The second kappa shape index (κ2) is 5.83. The maximum Gasteiger partial charge on any atom is 0.272 e. The molecule has 8 heteroatoms. The minimum Gasteiger partial charge on any atom is -0.484 e. The maximum absolute atomic E-state index is 11.5. The van der Waals surface area contributed by atoms with Crippen LogP contribution in [0.1, 0.15) is 5.56 Å². The summed E-state index contributed by atoms with van der Waals surface area (Å²) >= 11 is 0. The number of carbonyl (C=O) groups is 1. The SMILES string of the molecule is Cc1cc(OCC(=O)Nc2ccon2)ccc1[N+](=O)[O-]. The van der Waals surface area contributed by atoms with Crippen LogP contribution in [-0.4, -0.2) is 22.6 Å². The molecule has 0 bridgehead atoms. The summed E-state index contributed by atoms with van der Waals surface area (Å²) in [4.78, 5) is 21.7. The van der Waals surface area contributed by atoms with E-state index >= 15 is 0 Å². The van der Waals surface area contributed by atoms with Crippen molar-refractivity contribution in [2.75, 3.05) is 11.9 Å². The maximum atomic E-state index is 11.5. The minimum absolute atomic E-state index is 0.00407. The second-order valence-corrected chi connectivity index (χ2v) is 3.93. The van der Waals surface area contributed by atoms with Gasteiger partial charge in [0.15, 0.2) is 12.4 Å². The summed E-state index contributed by atoms with van der Waals surface area (Å²) in [5, 5.41) is 16.6. The van der Waals surface area contributed by atoms with Gasteiger partial charge in [0.1, 0.15) is 12.0 Å². The summed E-state index contributed by atoms with van der Waals surface area (Å²) in [6.45, 7) is 1.37. The molecule has 0 aliphatic carbocycles. The first-order chi connectivity index (χ1) is 9.56. The van der Waals surface area contributed by atoms with E-state index in [0.717, 1.165) is 0 Å². The standard InChI is InChI=1S/C12H11N3O5/c1-8-6-9(2-3-10(8)15(17)18)19-7-12(16)13-11-4-5-20-14-11/h2-6H,7H2,1H3,(H,13,14,16). The van der Waals surface area contributed by atoms with Crippen LogP contribution in [0.15, 0.2) is 35.1 Å². The Balaban J connectivity index is 1.92. The number of hydrogen-bond donors (Lipinski definition) is 1. The predicted octanol–water partition coefficient (Wildman–Crippen LogP) is 1.91. The van der Waals surface area contributed by atoms with E-state index in [9.17, 15) is 14.9 Å². The molecular formula is C12H11N3O5. The largest absolute Gasteiger partial charge is 0.484 e. The molecule has 1 aromatic carbocycles. The summed E-state index contributed by atoms with van der Waals surface area (Å²) in [5.41, 5.74) is 0.466. The molecule has 20 heavy (non-hydrogen) atoms. The molecule has 0 fully saturated rings. The molecule has 0 aliphatic heterocycles. The summed E-state index contributed by atoms with van der Waals surface area (Å²) in [6.07, 6.45) is 1.33. The van der Waals surface area contributed by atoms with Crippen LogP contribution in [0.25, 0.3) is 0 Å². The Labute approximate surface area is 113 Å². The van der Waals surface area contributed by atoms with Crippen molar-refractivity contribution in [3.05, 3.63) is 46.2 Å². The number of amides is 1. The third kappa shape index (κ3) is 3.31. The first-order valence-electron chi connectivity index (χ1n) is 5.64. The van der Waals surface area contributed by atoms with Crippen molar-refractivity contribution < 1.29 is 19.0 Å². The van der Waals surface area contributed by atoms with E-state index in [4.69, 9.17) is 4.74 Å². The van der Waals surface area contributed by atoms with E-state index in [-0.39, 0.29) is 12.3 Å².